The molecular formula is C21H28O4. The van der Waals surface area contributed by atoms with Crippen LogP contribution in [0, 0.1) is 5.92 Å². The van der Waals surface area contributed by atoms with Crippen LogP contribution in [0.2, 0.25) is 0 Å². The molecular weight excluding hydrogens is 316 g/mol. The molecule has 0 saturated heterocycles. The number of benzene rings is 1. The number of methoxy groups -OCH3 is 1. The van der Waals surface area contributed by atoms with E-state index in [2.05, 4.69) is 20.8 Å². The molecule has 2 aliphatic carbocycles. The van der Waals surface area contributed by atoms with E-state index in [1.54, 1.807) is 7.11 Å². The van der Waals surface area contributed by atoms with Gasteiger partial charge in [0.2, 0.25) is 0 Å². The Hall–Kier alpha value is -1.97. The van der Waals surface area contributed by atoms with Crippen LogP contribution in [0.1, 0.15) is 69.6 Å². The summed E-state index contributed by atoms with van der Waals surface area (Å²) in [6, 6.07) is 1.85. The van der Waals surface area contributed by atoms with E-state index in [0.717, 1.165) is 47.3 Å². The highest BCUT2D eigenvalue weighted by Gasteiger charge is 2.47. The molecule has 3 rings (SSSR count). The molecule has 2 N–H and O–H groups in total. The lowest BCUT2D eigenvalue weighted by Gasteiger charge is -2.48. The van der Waals surface area contributed by atoms with Crippen molar-refractivity contribution in [3.8, 4) is 11.5 Å². The van der Waals surface area contributed by atoms with Gasteiger partial charge < -0.3 is 14.9 Å². The Bertz CT molecular complexity index is 760. The van der Waals surface area contributed by atoms with E-state index in [9.17, 15) is 15.0 Å². The third kappa shape index (κ3) is 2.54. The number of aromatic hydroxyl groups is 1. The lowest BCUT2D eigenvalue weighted by molar-refractivity contribution is -0.133. The number of hydrogen-bond acceptors (Lipinski definition) is 3. The van der Waals surface area contributed by atoms with Gasteiger partial charge in [0, 0.05) is 27.7 Å². The van der Waals surface area contributed by atoms with Crippen LogP contribution < -0.4 is 4.74 Å². The van der Waals surface area contributed by atoms with E-state index in [-0.39, 0.29) is 17.3 Å². The van der Waals surface area contributed by atoms with E-state index in [0.29, 0.717) is 17.7 Å². The van der Waals surface area contributed by atoms with Gasteiger partial charge in [-0.2, -0.15) is 0 Å². The predicted octanol–water partition coefficient (Wildman–Crippen LogP) is 4.54. The largest absolute Gasteiger partial charge is 0.508 e. The lowest BCUT2D eigenvalue weighted by atomic mass is 9.56. The quantitative estimate of drug-likeness (QED) is 0.845. The number of fused-ring (bicyclic) bond motifs is 3. The summed E-state index contributed by atoms with van der Waals surface area (Å²) in [6.45, 7) is 8.33. The Labute approximate surface area is 149 Å². The molecule has 0 amide bonds. The average molecular weight is 344 g/mol. The van der Waals surface area contributed by atoms with Crippen LogP contribution in [0.3, 0.4) is 0 Å². The molecule has 1 aromatic rings. The number of carboxylic acids is 1. The summed E-state index contributed by atoms with van der Waals surface area (Å²) in [4.78, 5) is 11.5. The molecule has 2 atom stereocenters. The first-order chi connectivity index (χ1) is 11.7. The van der Waals surface area contributed by atoms with Crippen LogP contribution in [0.4, 0.5) is 0 Å². The van der Waals surface area contributed by atoms with Crippen molar-refractivity contribution in [1.82, 2.24) is 0 Å². The highest BCUT2D eigenvalue weighted by molar-refractivity contribution is 5.88. The molecule has 0 aromatic heterocycles. The zero-order valence-corrected chi connectivity index (χ0v) is 15.8. The SMILES string of the molecule is COc1c(C(C)C)cc(O)c2c1CC[C@H]1C(C)=C(C(=O)O)CC[C@]21C. The van der Waals surface area contributed by atoms with Gasteiger partial charge >= 0.3 is 5.97 Å². The Kier molecular flexibility index (Phi) is 4.34. The standard InChI is InChI=1S/C21H28O4/c1-11(2)15-10-17(22)18-14(19(15)25-5)6-7-16-12(3)13(20(23)24)8-9-21(16,18)4/h10-11,16,22H,6-9H2,1-5H3,(H,23,24)/t16-,21-/m0/s1. The topological polar surface area (TPSA) is 66.8 Å². The fraction of sp³-hybridized carbons (Fsp3) is 0.571. The van der Waals surface area contributed by atoms with Gasteiger partial charge in [-0.05, 0) is 50.5 Å². The molecule has 0 fully saturated rings. The third-order valence-electron chi connectivity index (χ3n) is 6.39. The van der Waals surface area contributed by atoms with Gasteiger partial charge in [0.05, 0.1) is 7.11 Å². The van der Waals surface area contributed by atoms with Crippen molar-refractivity contribution in [2.75, 3.05) is 7.11 Å². The lowest BCUT2D eigenvalue weighted by Crippen LogP contribution is -2.41. The summed E-state index contributed by atoms with van der Waals surface area (Å²) in [5, 5.41) is 20.4. The van der Waals surface area contributed by atoms with Crippen molar-refractivity contribution in [2.24, 2.45) is 5.92 Å². The molecule has 2 aliphatic rings. The first kappa shape index (κ1) is 17.8. The van der Waals surface area contributed by atoms with Gasteiger partial charge in [-0.1, -0.05) is 26.3 Å². The van der Waals surface area contributed by atoms with Gasteiger partial charge in [-0.3, -0.25) is 0 Å². The predicted molar refractivity (Wildman–Crippen MR) is 97.5 cm³/mol. The third-order valence-corrected chi connectivity index (χ3v) is 6.39. The summed E-state index contributed by atoms with van der Waals surface area (Å²) >= 11 is 0. The minimum atomic E-state index is -0.803. The Morgan fingerprint density at radius 3 is 2.60 bits per heavy atom. The molecule has 136 valence electrons. The fourth-order valence-corrected chi connectivity index (χ4v) is 5.12. The second-order valence-electron chi connectivity index (χ2n) is 8.00. The van der Waals surface area contributed by atoms with Gasteiger partial charge in [0.25, 0.3) is 0 Å². The first-order valence-electron chi connectivity index (χ1n) is 9.08. The minimum absolute atomic E-state index is 0.153. The molecule has 4 heteroatoms. The number of ether oxygens (including phenoxy) is 1. The Morgan fingerprint density at radius 1 is 1.36 bits per heavy atom. The van der Waals surface area contributed by atoms with Crippen LogP contribution in [-0.2, 0) is 16.6 Å². The van der Waals surface area contributed by atoms with E-state index in [1.807, 2.05) is 13.0 Å². The molecule has 0 radical (unpaired) electrons. The number of allylic oxidation sites excluding steroid dienone is 1. The summed E-state index contributed by atoms with van der Waals surface area (Å²) in [5.41, 5.74) is 4.39. The van der Waals surface area contributed by atoms with Crippen molar-refractivity contribution < 1.29 is 19.7 Å². The smallest absolute Gasteiger partial charge is 0.331 e. The van der Waals surface area contributed by atoms with Crippen LogP contribution in [0.15, 0.2) is 17.2 Å². The molecule has 0 bridgehead atoms. The molecule has 0 unspecified atom stereocenters. The van der Waals surface area contributed by atoms with E-state index < -0.39 is 5.97 Å². The van der Waals surface area contributed by atoms with Crippen LogP contribution in [-0.4, -0.2) is 23.3 Å². The van der Waals surface area contributed by atoms with Gasteiger partial charge in [0.15, 0.2) is 0 Å². The minimum Gasteiger partial charge on any atom is -0.508 e. The molecule has 0 spiro atoms. The zero-order chi connectivity index (χ0) is 18.5. The monoisotopic (exact) mass is 344 g/mol. The van der Waals surface area contributed by atoms with Crippen LogP contribution >= 0.6 is 0 Å². The number of phenols is 1. The van der Waals surface area contributed by atoms with Crippen molar-refractivity contribution in [3.63, 3.8) is 0 Å². The summed E-state index contributed by atoms with van der Waals surface area (Å²) < 4.78 is 5.75. The Morgan fingerprint density at radius 2 is 2.04 bits per heavy atom. The van der Waals surface area contributed by atoms with Gasteiger partial charge in [-0.25, -0.2) is 4.79 Å². The number of hydrogen-bond donors (Lipinski definition) is 2. The molecule has 0 heterocycles. The van der Waals surface area contributed by atoms with Gasteiger partial charge in [-0.15, -0.1) is 0 Å². The average Bonchev–Trinajstić information content (AvgIpc) is 2.53. The number of aliphatic carboxylic acids is 1. The second kappa shape index (κ2) is 6.08. The number of rotatable bonds is 3. The highest BCUT2D eigenvalue weighted by atomic mass is 16.5. The summed E-state index contributed by atoms with van der Waals surface area (Å²) in [5.74, 6) is 0.845. The Balaban J connectivity index is 2.22. The van der Waals surface area contributed by atoms with Crippen molar-refractivity contribution >= 4 is 5.97 Å². The molecule has 0 aliphatic heterocycles. The molecule has 0 saturated carbocycles. The van der Waals surface area contributed by atoms with Crippen molar-refractivity contribution in [1.29, 1.82) is 0 Å². The van der Waals surface area contributed by atoms with Gasteiger partial charge in [0.1, 0.15) is 11.5 Å². The molecule has 4 nitrogen and oxygen atoms in total. The highest BCUT2D eigenvalue weighted by Crippen LogP contribution is 2.56. The maximum absolute atomic E-state index is 11.5. The van der Waals surface area contributed by atoms with Crippen molar-refractivity contribution in [3.05, 3.63) is 33.9 Å². The zero-order valence-electron chi connectivity index (χ0n) is 15.8. The van der Waals surface area contributed by atoms with Crippen LogP contribution in [0.5, 0.6) is 11.5 Å². The van der Waals surface area contributed by atoms with E-state index in [1.165, 1.54) is 0 Å². The summed E-state index contributed by atoms with van der Waals surface area (Å²) in [6.07, 6.45) is 2.98. The summed E-state index contributed by atoms with van der Waals surface area (Å²) in [7, 11) is 1.70. The molecule has 25 heavy (non-hydrogen) atoms. The van der Waals surface area contributed by atoms with Crippen molar-refractivity contribution in [2.45, 2.75) is 64.7 Å². The number of carboxylic acid groups (broad SMARTS) is 1. The van der Waals surface area contributed by atoms with Crippen LogP contribution in [0.25, 0.3) is 0 Å². The normalized spacial score (nSPS) is 25.6. The van der Waals surface area contributed by atoms with E-state index >= 15 is 0 Å². The maximum atomic E-state index is 11.5. The number of phenolic OH excluding ortho intramolecular Hbond substituents is 1. The fourth-order valence-electron chi connectivity index (χ4n) is 5.12. The maximum Gasteiger partial charge on any atom is 0.331 e. The first-order valence-corrected chi connectivity index (χ1v) is 9.08. The molecule has 1 aromatic carbocycles. The number of carbonyl (C=O) groups is 1. The second-order valence-corrected chi connectivity index (χ2v) is 8.00. The van der Waals surface area contributed by atoms with E-state index in [4.69, 9.17) is 4.74 Å².